The minimum Gasteiger partial charge on any atom is -0.491 e. The van der Waals surface area contributed by atoms with E-state index in [0.717, 1.165) is 12.2 Å². The Morgan fingerprint density at radius 1 is 0.741 bits per heavy atom. The average Bonchev–Trinajstić information content (AvgIpc) is 3.08. The minimum absolute atomic E-state index is 0.0283. The lowest BCUT2D eigenvalue weighted by atomic mass is 9.95. The first-order valence-electron chi connectivity index (χ1n) is 9.31. The van der Waals surface area contributed by atoms with E-state index >= 15 is 0 Å². The van der Waals surface area contributed by atoms with Crippen molar-refractivity contribution < 1.29 is 9.84 Å². The minimum atomic E-state index is 0.0283. The third kappa shape index (κ3) is 2.79. The summed E-state index contributed by atoms with van der Waals surface area (Å²) in [7, 11) is 0. The van der Waals surface area contributed by atoms with E-state index in [1.807, 2.05) is 12.1 Å². The summed E-state index contributed by atoms with van der Waals surface area (Å²) in [5.74, 6) is 0.787. The molecular weight excluding hydrogens is 332 g/mol. The Morgan fingerprint density at radius 2 is 1.48 bits per heavy atom. The summed E-state index contributed by atoms with van der Waals surface area (Å²) < 4.78 is 5.48. The van der Waals surface area contributed by atoms with Gasteiger partial charge in [0, 0.05) is 0 Å². The average molecular weight is 352 g/mol. The van der Waals surface area contributed by atoms with Crippen molar-refractivity contribution in [1.82, 2.24) is 0 Å². The van der Waals surface area contributed by atoms with Crippen molar-refractivity contribution in [2.24, 2.45) is 0 Å². The molecule has 0 saturated carbocycles. The van der Waals surface area contributed by atoms with Gasteiger partial charge in [-0.25, -0.2) is 0 Å². The molecule has 0 radical (unpaired) electrons. The largest absolute Gasteiger partial charge is 0.491 e. The molecule has 0 fully saturated rings. The molecule has 0 aliphatic heterocycles. The Kier molecular flexibility index (Phi) is 3.92. The molecular formula is C25H20O2. The van der Waals surface area contributed by atoms with Gasteiger partial charge in [-0.1, -0.05) is 60.7 Å². The maximum atomic E-state index is 8.90. The van der Waals surface area contributed by atoms with Crippen LogP contribution >= 0.6 is 0 Å². The zero-order valence-electron chi connectivity index (χ0n) is 15.0. The monoisotopic (exact) mass is 352 g/mol. The normalized spacial score (nSPS) is 12.0. The van der Waals surface area contributed by atoms with Gasteiger partial charge in [-0.3, -0.25) is 0 Å². The Bertz CT molecular complexity index is 1130. The molecule has 1 aliphatic carbocycles. The summed E-state index contributed by atoms with van der Waals surface area (Å²) in [6.45, 7) is 0.351. The van der Waals surface area contributed by atoms with E-state index in [4.69, 9.17) is 9.84 Å². The zero-order valence-corrected chi connectivity index (χ0v) is 15.0. The van der Waals surface area contributed by atoms with Crippen LogP contribution in [0.25, 0.3) is 33.0 Å². The summed E-state index contributed by atoms with van der Waals surface area (Å²) >= 11 is 0. The van der Waals surface area contributed by atoms with Gasteiger partial charge >= 0.3 is 0 Å². The third-order valence-corrected chi connectivity index (χ3v) is 5.33. The van der Waals surface area contributed by atoms with Gasteiger partial charge in [0.25, 0.3) is 0 Å². The fourth-order valence-electron chi connectivity index (χ4n) is 4.07. The topological polar surface area (TPSA) is 29.5 Å². The Hall–Kier alpha value is -3.10. The number of aliphatic hydroxyl groups is 1. The first-order chi connectivity index (χ1) is 13.3. The Labute approximate surface area is 158 Å². The predicted molar refractivity (Wildman–Crippen MR) is 110 cm³/mol. The molecule has 4 aromatic rings. The second-order valence-corrected chi connectivity index (χ2v) is 6.96. The molecule has 27 heavy (non-hydrogen) atoms. The lowest BCUT2D eigenvalue weighted by Gasteiger charge is -2.10. The molecule has 5 rings (SSSR count). The van der Waals surface area contributed by atoms with E-state index in [0.29, 0.717) is 6.61 Å². The number of fused-ring (bicyclic) bond motifs is 4. The Morgan fingerprint density at radius 3 is 2.26 bits per heavy atom. The summed E-state index contributed by atoms with van der Waals surface area (Å²) in [6, 6.07) is 28.0. The van der Waals surface area contributed by atoms with Crippen LogP contribution in [-0.2, 0) is 6.42 Å². The van der Waals surface area contributed by atoms with E-state index in [1.54, 1.807) is 0 Å². The van der Waals surface area contributed by atoms with Crippen LogP contribution in [0.5, 0.6) is 5.75 Å². The molecule has 0 atom stereocenters. The molecule has 0 bridgehead atoms. The molecule has 0 amide bonds. The van der Waals surface area contributed by atoms with Gasteiger partial charge in [-0.05, 0) is 68.8 Å². The van der Waals surface area contributed by atoms with Crippen LogP contribution in [0.4, 0.5) is 0 Å². The van der Waals surface area contributed by atoms with Crippen molar-refractivity contribution in [2.45, 2.75) is 6.42 Å². The summed E-state index contributed by atoms with van der Waals surface area (Å²) in [4.78, 5) is 0. The molecule has 0 spiro atoms. The van der Waals surface area contributed by atoms with Crippen LogP contribution in [-0.4, -0.2) is 18.3 Å². The second-order valence-electron chi connectivity index (χ2n) is 6.96. The molecule has 132 valence electrons. The molecule has 0 unspecified atom stereocenters. The van der Waals surface area contributed by atoms with E-state index in [2.05, 4.69) is 66.7 Å². The van der Waals surface area contributed by atoms with Crippen LogP contribution in [0, 0.1) is 0 Å². The lowest BCUT2D eigenvalue weighted by Crippen LogP contribution is -2.01. The quantitative estimate of drug-likeness (QED) is 0.466. The van der Waals surface area contributed by atoms with Crippen molar-refractivity contribution in [2.75, 3.05) is 13.2 Å². The van der Waals surface area contributed by atoms with Crippen LogP contribution < -0.4 is 4.74 Å². The molecule has 2 nitrogen and oxygen atoms in total. The molecule has 4 aromatic carbocycles. The number of hydrogen-bond acceptors (Lipinski definition) is 2. The summed E-state index contributed by atoms with van der Waals surface area (Å²) in [6.07, 6.45) is 0.967. The first kappa shape index (κ1) is 16.1. The van der Waals surface area contributed by atoms with Crippen molar-refractivity contribution in [3.63, 3.8) is 0 Å². The highest BCUT2D eigenvalue weighted by atomic mass is 16.5. The van der Waals surface area contributed by atoms with Crippen LogP contribution in [0.15, 0.2) is 78.9 Å². The SMILES string of the molecule is OCCOc1ccc(-c2cccc3c2Cc2cc4ccccc4cc2-3)cc1. The smallest absolute Gasteiger partial charge is 0.119 e. The van der Waals surface area contributed by atoms with Gasteiger partial charge in [0.15, 0.2) is 0 Å². The number of benzene rings is 4. The molecule has 0 saturated heterocycles. The van der Waals surface area contributed by atoms with Crippen molar-refractivity contribution >= 4 is 10.8 Å². The number of hydrogen-bond donors (Lipinski definition) is 1. The zero-order chi connectivity index (χ0) is 18.2. The maximum Gasteiger partial charge on any atom is 0.119 e. The van der Waals surface area contributed by atoms with E-state index < -0.39 is 0 Å². The molecule has 2 heteroatoms. The van der Waals surface area contributed by atoms with E-state index in [-0.39, 0.29) is 6.61 Å². The van der Waals surface area contributed by atoms with E-state index in [9.17, 15) is 0 Å². The molecule has 1 aliphatic rings. The fourth-order valence-corrected chi connectivity index (χ4v) is 4.07. The number of aliphatic hydroxyl groups excluding tert-OH is 1. The highest BCUT2D eigenvalue weighted by Crippen LogP contribution is 2.43. The summed E-state index contributed by atoms with van der Waals surface area (Å²) in [5, 5.41) is 11.5. The van der Waals surface area contributed by atoms with Gasteiger partial charge in [0.1, 0.15) is 12.4 Å². The lowest BCUT2D eigenvalue weighted by molar-refractivity contribution is 0.201. The highest BCUT2D eigenvalue weighted by molar-refractivity contribution is 5.93. The molecule has 1 N–H and O–H groups in total. The molecule has 0 aromatic heterocycles. The van der Waals surface area contributed by atoms with Crippen LogP contribution in [0.3, 0.4) is 0 Å². The predicted octanol–water partition coefficient (Wildman–Crippen LogP) is 5.45. The second kappa shape index (κ2) is 6.57. The van der Waals surface area contributed by atoms with Gasteiger partial charge in [-0.2, -0.15) is 0 Å². The third-order valence-electron chi connectivity index (χ3n) is 5.33. The Balaban J connectivity index is 1.57. The maximum absolute atomic E-state index is 8.90. The van der Waals surface area contributed by atoms with Gasteiger partial charge in [0.05, 0.1) is 6.61 Å². The number of rotatable bonds is 4. The van der Waals surface area contributed by atoms with Gasteiger partial charge in [0.2, 0.25) is 0 Å². The first-order valence-corrected chi connectivity index (χ1v) is 9.31. The van der Waals surface area contributed by atoms with Crippen molar-refractivity contribution in [1.29, 1.82) is 0 Å². The van der Waals surface area contributed by atoms with Gasteiger partial charge in [-0.15, -0.1) is 0 Å². The number of ether oxygens (including phenoxy) is 1. The standard InChI is InChI=1S/C25H20O2/c26-12-13-27-21-10-8-17(9-11-21)22-6-3-7-23-24-15-19-5-2-1-4-18(19)14-20(24)16-25(22)23/h1-11,14-15,26H,12-13,16H2. The molecule has 0 heterocycles. The van der Waals surface area contributed by atoms with Gasteiger partial charge < -0.3 is 9.84 Å². The van der Waals surface area contributed by atoms with Crippen LogP contribution in [0.1, 0.15) is 11.1 Å². The summed E-state index contributed by atoms with van der Waals surface area (Å²) in [5.41, 5.74) is 7.97. The fraction of sp³-hybridized carbons (Fsp3) is 0.120. The van der Waals surface area contributed by atoms with Crippen molar-refractivity contribution in [3.8, 4) is 28.0 Å². The van der Waals surface area contributed by atoms with Crippen LogP contribution in [0.2, 0.25) is 0 Å². The van der Waals surface area contributed by atoms with E-state index in [1.165, 1.54) is 44.2 Å². The highest BCUT2D eigenvalue weighted by Gasteiger charge is 2.22. The van der Waals surface area contributed by atoms with Crippen molar-refractivity contribution in [3.05, 3.63) is 90.0 Å².